The molecule has 1 atom stereocenters. The van der Waals surface area contributed by atoms with Crippen LogP contribution < -0.4 is 5.43 Å². The highest BCUT2D eigenvalue weighted by atomic mass is 16.2. The van der Waals surface area contributed by atoms with Crippen molar-refractivity contribution in [3.63, 3.8) is 0 Å². The first-order valence-corrected chi connectivity index (χ1v) is 10.2. The number of hydrogen-bond donors (Lipinski definition) is 1. The summed E-state index contributed by atoms with van der Waals surface area (Å²) in [4.78, 5) is 11.9. The molecule has 24 heavy (non-hydrogen) atoms. The molecule has 1 unspecified atom stereocenters. The molecule has 0 fully saturated rings. The fourth-order valence-corrected chi connectivity index (χ4v) is 3.30. The van der Waals surface area contributed by atoms with Gasteiger partial charge in [-0.05, 0) is 19.8 Å². The molecule has 0 aliphatic rings. The van der Waals surface area contributed by atoms with E-state index in [-0.39, 0.29) is 5.91 Å². The first kappa shape index (κ1) is 23.2. The van der Waals surface area contributed by atoms with Crippen LogP contribution in [0.4, 0.5) is 0 Å². The molecule has 0 aromatic heterocycles. The van der Waals surface area contributed by atoms with E-state index in [2.05, 4.69) is 39.9 Å². The lowest BCUT2D eigenvalue weighted by molar-refractivity contribution is -0.949. The van der Waals surface area contributed by atoms with E-state index in [0.29, 0.717) is 16.2 Å². The van der Waals surface area contributed by atoms with Gasteiger partial charge in [-0.3, -0.25) is 4.79 Å². The van der Waals surface area contributed by atoms with Crippen LogP contribution in [0.3, 0.4) is 0 Å². The zero-order valence-corrected chi connectivity index (χ0v) is 17.1. The summed E-state index contributed by atoms with van der Waals surface area (Å²) in [5.41, 5.74) is 3.67. The van der Waals surface area contributed by atoms with E-state index in [1.165, 1.54) is 70.6 Å². The van der Waals surface area contributed by atoms with Gasteiger partial charge in [0, 0.05) is 12.0 Å². The molecule has 3 heteroatoms. The molecule has 0 heterocycles. The third-order valence-corrected chi connectivity index (χ3v) is 5.05. The molecular weight excluding hydrogens is 296 g/mol. The Morgan fingerprint density at radius 3 is 1.79 bits per heavy atom. The summed E-state index contributed by atoms with van der Waals surface area (Å²) in [6.07, 6.45) is 16.0. The van der Waals surface area contributed by atoms with Gasteiger partial charge >= 0.3 is 0 Å². The van der Waals surface area contributed by atoms with Crippen LogP contribution in [0.5, 0.6) is 0 Å². The number of nitrogens with zero attached hydrogens (tertiary/aromatic N) is 1. The van der Waals surface area contributed by atoms with Gasteiger partial charge in [0.2, 0.25) is 0 Å². The number of rotatable bonds is 15. The lowest BCUT2D eigenvalue weighted by Crippen LogP contribution is -2.60. The Bertz CT molecular complexity index is 350. The van der Waals surface area contributed by atoms with Crippen molar-refractivity contribution in [1.82, 2.24) is 5.43 Å². The highest BCUT2D eigenvalue weighted by Gasteiger charge is 2.28. The molecule has 0 rings (SSSR count). The van der Waals surface area contributed by atoms with Gasteiger partial charge < -0.3 is 0 Å². The van der Waals surface area contributed by atoms with Crippen molar-refractivity contribution < 1.29 is 9.39 Å². The van der Waals surface area contributed by atoms with E-state index in [4.69, 9.17) is 0 Å². The molecule has 0 saturated heterocycles. The highest BCUT2D eigenvalue weighted by Crippen LogP contribution is 2.17. The topological polar surface area (TPSA) is 29.1 Å². The summed E-state index contributed by atoms with van der Waals surface area (Å²) >= 11 is 0. The molecule has 3 nitrogen and oxygen atoms in total. The maximum absolute atomic E-state index is 11.9. The van der Waals surface area contributed by atoms with Crippen molar-refractivity contribution >= 4 is 5.91 Å². The minimum Gasteiger partial charge on any atom is -0.265 e. The number of quaternary nitrogens is 1. The number of unbranched alkanes of at least 4 members (excludes halogenated alkanes) is 9. The molecule has 0 saturated carbocycles. The van der Waals surface area contributed by atoms with Crippen molar-refractivity contribution in [2.75, 3.05) is 14.1 Å². The lowest BCUT2D eigenvalue weighted by Gasteiger charge is -2.36. The summed E-state index contributed by atoms with van der Waals surface area (Å²) in [5, 5.41) is 0. The van der Waals surface area contributed by atoms with Crippen LogP contribution in [0.1, 0.15) is 97.8 Å². The standard InChI is InChI=1S/C21H42N2O/c1-7-9-10-11-12-13-14-15-16-17-18-20(8-2)23(5,6)22-21(24)19(3)4/h20H,3,7-18H2,1-2,4-6H3/p+1. The van der Waals surface area contributed by atoms with Crippen molar-refractivity contribution in [2.45, 2.75) is 104 Å². The SMILES string of the molecule is C=C(C)C(=O)N[N+](C)(C)C(CC)CCCCCCCCCCCC. The van der Waals surface area contributed by atoms with Crippen LogP contribution >= 0.6 is 0 Å². The monoisotopic (exact) mass is 339 g/mol. The van der Waals surface area contributed by atoms with E-state index in [9.17, 15) is 4.79 Å². The maximum atomic E-state index is 11.9. The zero-order chi connectivity index (χ0) is 18.4. The smallest absolute Gasteiger partial charge is 0.265 e. The second-order valence-electron chi connectivity index (χ2n) is 7.79. The van der Waals surface area contributed by atoms with Gasteiger partial charge in [0.05, 0.1) is 14.1 Å². The number of carbonyl (C=O) groups is 1. The Kier molecular flexibility index (Phi) is 13.0. The van der Waals surface area contributed by atoms with E-state index in [0.717, 1.165) is 6.42 Å². The van der Waals surface area contributed by atoms with Gasteiger partial charge in [-0.2, -0.15) is 5.43 Å². The summed E-state index contributed by atoms with van der Waals surface area (Å²) in [6.45, 7) is 9.98. The summed E-state index contributed by atoms with van der Waals surface area (Å²) in [6, 6.07) is 0.474. The molecule has 0 aliphatic heterocycles. The first-order valence-electron chi connectivity index (χ1n) is 10.2. The number of hydrogen-bond acceptors (Lipinski definition) is 1. The van der Waals surface area contributed by atoms with Crippen molar-refractivity contribution in [2.24, 2.45) is 0 Å². The Morgan fingerprint density at radius 2 is 1.38 bits per heavy atom. The summed E-state index contributed by atoms with van der Waals surface area (Å²) < 4.78 is 0.555. The van der Waals surface area contributed by atoms with Gasteiger partial charge in [0.25, 0.3) is 5.91 Å². The van der Waals surface area contributed by atoms with Crippen molar-refractivity contribution in [3.05, 3.63) is 12.2 Å². The Hall–Kier alpha value is -0.830. The average Bonchev–Trinajstić information content (AvgIpc) is 2.52. The third kappa shape index (κ3) is 10.9. The average molecular weight is 340 g/mol. The molecule has 1 N–H and O–H groups in total. The minimum absolute atomic E-state index is 0.0403. The number of amides is 1. The zero-order valence-electron chi connectivity index (χ0n) is 17.1. The predicted octanol–water partition coefficient (Wildman–Crippen LogP) is 5.76. The maximum Gasteiger partial charge on any atom is 0.290 e. The number of nitrogens with one attached hydrogen (secondary N) is 1. The Labute approximate surface area is 151 Å². The normalized spacial score (nSPS) is 12.9. The van der Waals surface area contributed by atoms with E-state index in [1.54, 1.807) is 6.92 Å². The van der Waals surface area contributed by atoms with E-state index < -0.39 is 0 Å². The first-order chi connectivity index (χ1) is 11.3. The van der Waals surface area contributed by atoms with Gasteiger partial charge in [-0.25, -0.2) is 4.59 Å². The van der Waals surface area contributed by atoms with Crippen molar-refractivity contribution in [1.29, 1.82) is 0 Å². The highest BCUT2D eigenvalue weighted by molar-refractivity contribution is 5.91. The van der Waals surface area contributed by atoms with Crippen LogP contribution in [0.2, 0.25) is 0 Å². The Morgan fingerprint density at radius 1 is 0.917 bits per heavy atom. The van der Waals surface area contributed by atoms with Gasteiger partial charge in [0.15, 0.2) is 0 Å². The van der Waals surface area contributed by atoms with Crippen LogP contribution in [0.25, 0.3) is 0 Å². The molecule has 0 spiro atoms. The minimum atomic E-state index is -0.0403. The molecule has 0 aliphatic carbocycles. The quantitative estimate of drug-likeness (QED) is 0.175. The van der Waals surface area contributed by atoms with E-state index >= 15 is 0 Å². The molecule has 1 amide bonds. The molecular formula is C21H43N2O+. The third-order valence-electron chi connectivity index (χ3n) is 5.05. The molecule has 0 radical (unpaired) electrons. The van der Waals surface area contributed by atoms with Crippen LogP contribution in [-0.2, 0) is 4.79 Å². The predicted molar refractivity (Wildman–Crippen MR) is 106 cm³/mol. The van der Waals surface area contributed by atoms with Gasteiger partial charge in [0.1, 0.15) is 6.04 Å². The Balaban J connectivity index is 3.85. The van der Waals surface area contributed by atoms with Gasteiger partial charge in [-0.1, -0.05) is 78.2 Å². The van der Waals surface area contributed by atoms with E-state index in [1.807, 2.05) is 0 Å². The second kappa shape index (κ2) is 13.5. The van der Waals surface area contributed by atoms with Crippen LogP contribution in [0.15, 0.2) is 12.2 Å². The van der Waals surface area contributed by atoms with Gasteiger partial charge in [-0.15, -0.1) is 0 Å². The summed E-state index contributed by atoms with van der Waals surface area (Å²) in [7, 11) is 4.18. The van der Waals surface area contributed by atoms with Crippen LogP contribution in [0, 0.1) is 0 Å². The van der Waals surface area contributed by atoms with Crippen molar-refractivity contribution in [3.8, 4) is 0 Å². The number of carbonyl (C=O) groups excluding carboxylic acids is 1. The fraction of sp³-hybridized carbons (Fsp3) is 0.857. The van der Waals surface area contributed by atoms with Crippen LogP contribution in [-0.4, -0.2) is 30.6 Å². The molecule has 142 valence electrons. The molecule has 0 aromatic carbocycles. The summed E-state index contributed by atoms with van der Waals surface area (Å²) in [5.74, 6) is -0.0403. The molecule has 0 aromatic rings. The second-order valence-corrected chi connectivity index (χ2v) is 7.79. The fourth-order valence-electron chi connectivity index (χ4n) is 3.30. The lowest BCUT2D eigenvalue weighted by atomic mass is 10.0. The largest absolute Gasteiger partial charge is 0.290 e. The molecule has 0 bridgehead atoms.